The lowest BCUT2D eigenvalue weighted by atomic mass is 9.86. The van der Waals surface area contributed by atoms with Crippen LogP contribution in [-0.2, 0) is 6.42 Å². The van der Waals surface area contributed by atoms with Gasteiger partial charge in [0.15, 0.2) is 11.5 Å². The second-order valence-corrected chi connectivity index (χ2v) is 10.2. The van der Waals surface area contributed by atoms with Gasteiger partial charge in [0.1, 0.15) is 5.69 Å². The molecule has 0 saturated heterocycles. The number of benzene rings is 1. The number of aryl methyl sites for hydroxylation is 2. The average Bonchev–Trinajstić information content (AvgIpc) is 3.43. The monoisotopic (exact) mass is 506 g/mol. The third-order valence-corrected chi connectivity index (χ3v) is 7.74. The van der Waals surface area contributed by atoms with E-state index in [2.05, 4.69) is 25.6 Å². The smallest absolute Gasteiger partial charge is 0.276 e. The van der Waals surface area contributed by atoms with Crippen molar-refractivity contribution in [2.45, 2.75) is 50.3 Å². The third-order valence-electron chi connectivity index (χ3n) is 5.79. The first kappa shape index (κ1) is 23.7. The van der Waals surface area contributed by atoms with Gasteiger partial charge in [-0.25, -0.2) is 14.6 Å². The summed E-state index contributed by atoms with van der Waals surface area (Å²) in [5.74, 6) is -0.153. The summed E-state index contributed by atoms with van der Waals surface area (Å²) in [5, 5.41) is 12.8. The van der Waals surface area contributed by atoms with Crippen LogP contribution < -0.4 is 11.1 Å². The number of carbonyl (C=O) groups excluding carboxylic acids is 1. The molecule has 2 atom stereocenters. The van der Waals surface area contributed by atoms with E-state index in [1.165, 1.54) is 11.3 Å². The SMILES string of the molecule is Cc1ccc(N=C(N)c2nonc2NC(=O)c2csc(CC3C(Cl)CCCC3Cl)n2)cc1C. The summed E-state index contributed by atoms with van der Waals surface area (Å²) in [4.78, 5) is 21.6. The van der Waals surface area contributed by atoms with Crippen LogP contribution in [0.3, 0.4) is 0 Å². The predicted molar refractivity (Wildman–Crippen MR) is 131 cm³/mol. The fraction of sp³-hybridized carbons (Fsp3) is 0.409. The van der Waals surface area contributed by atoms with E-state index in [0.717, 1.165) is 35.4 Å². The van der Waals surface area contributed by atoms with Crippen LogP contribution in [0.25, 0.3) is 0 Å². The molecule has 0 spiro atoms. The highest BCUT2D eigenvalue weighted by molar-refractivity contribution is 7.09. The van der Waals surface area contributed by atoms with Crippen LogP contribution in [0, 0.1) is 19.8 Å². The summed E-state index contributed by atoms with van der Waals surface area (Å²) in [6.07, 6.45) is 3.57. The average molecular weight is 507 g/mol. The lowest BCUT2D eigenvalue weighted by Crippen LogP contribution is -2.31. The van der Waals surface area contributed by atoms with Gasteiger partial charge in [0.25, 0.3) is 5.91 Å². The lowest BCUT2D eigenvalue weighted by Gasteiger charge is -2.30. The maximum atomic E-state index is 12.8. The number of thiazole rings is 1. The highest BCUT2D eigenvalue weighted by atomic mass is 35.5. The molecule has 2 unspecified atom stereocenters. The van der Waals surface area contributed by atoms with Crippen molar-refractivity contribution >= 4 is 57.8 Å². The van der Waals surface area contributed by atoms with Crippen molar-refractivity contribution in [1.29, 1.82) is 0 Å². The number of alkyl halides is 2. The van der Waals surface area contributed by atoms with Crippen molar-refractivity contribution in [3.05, 3.63) is 51.1 Å². The fourth-order valence-electron chi connectivity index (χ4n) is 3.73. The van der Waals surface area contributed by atoms with E-state index < -0.39 is 5.91 Å². The molecule has 4 rings (SSSR count). The summed E-state index contributed by atoms with van der Waals surface area (Å²) in [6.45, 7) is 4.01. The van der Waals surface area contributed by atoms with E-state index in [0.29, 0.717) is 12.1 Å². The number of aromatic nitrogens is 3. The number of amidine groups is 1. The molecule has 174 valence electrons. The molecule has 2 heterocycles. The Morgan fingerprint density at radius 1 is 1.24 bits per heavy atom. The molecule has 3 N–H and O–H groups in total. The second kappa shape index (κ2) is 10.2. The van der Waals surface area contributed by atoms with Gasteiger partial charge in [-0.05, 0) is 66.2 Å². The normalized spacial score (nSPS) is 21.2. The van der Waals surface area contributed by atoms with Gasteiger partial charge in [-0.15, -0.1) is 34.5 Å². The van der Waals surface area contributed by atoms with Gasteiger partial charge in [0.2, 0.25) is 5.82 Å². The van der Waals surface area contributed by atoms with Crippen LogP contribution in [0.4, 0.5) is 11.5 Å². The van der Waals surface area contributed by atoms with Crippen molar-refractivity contribution in [3.63, 3.8) is 0 Å². The fourth-order valence-corrected chi connectivity index (χ4v) is 5.49. The molecule has 1 saturated carbocycles. The summed E-state index contributed by atoms with van der Waals surface area (Å²) >= 11 is 14.4. The Bertz CT molecular complexity index is 1170. The molecule has 2 aromatic heterocycles. The highest BCUT2D eigenvalue weighted by Crippen LogP contribution is 2.35. The van der Waals surface area contributed by atoms with Crippen LogP contribution in [0.2, 0.25) is 0 Å². The van der Waals surface area contributed by atoms with Crippen molar-refractivity contribution in [3.8, 4) is 0 Å². The quantitative estimate of drug-likeness (QED) is 0.276. The van der Waals surface area contributed by atoms with E-state index in [9.17, 15) is 4.79 Å². The Labute approximate surface area is 205 Å². The Morgan fingerprint density at radius 3 is 2.73 bits per heavy atom. The van der Waals surface area contributed by atoms with Crippen molar-refractivity contribution in [2.75, 3.05) is 5.32 Å². The number of carbonyl (C=O) groups is 1. The Balaban J connectivity index is 1.45. The van der Waals surface area contributed by atoms with Gasteiger partial charge in [-0.1, -0.05) is 12.5 Å². The maximum Gasteiger partial charge on any atom is 0.276 e. The van der Waals surface area contributed by atoms with Gasteiger partial charge in [0, 0.05) is 22.6 Å². The Hall–Kier alpha value is -2.49. The molecule has 1 aliphatic rings. The highest BCUT2D eigenvalue weighted by Gasteiger charge is 2.32. The van der Waals surface area contributed by atoms with Crippen molar-refractivity contribution < 1.29 is 9.42 Å². The van der Waals surface area contributed by atoms with E-state index in [4.69, 9.17) is 33.6 Å². The largest absolute Gasteiger partial charge is 0.382 e. The lowest BCUT2D eigenvalue weighted by molar-refractivity contribution is 0.102. The molecule has 0 radical (unpaired) electrons. The zero-order valence-electron chi connectivity index (χ0n) is 18.2. The first-order valence-electron chi connectivity index (χ1n) is 10.6. The van der Waals surface area contributed by atoms with Gasteiger partial charge in [0.05, 0.1) is 10.7 Å². The standard InChI is InChI=1S/C22H24Cl2N6O2S/c1-11-6-7-13(8-12(11)2)26-20(25)19-21(30-32-29-19)28-22(31)17-10-33-18(27-17)9-14-15(23)4-3-5-16(14)24/h6-8,10,14-16H,3-5,9H2,1-2H3,(H2,25,26)(H,28,30,31). The molecule has 1 amide bonds. The number of rotatable bonds is 6. The molecular formula is C22H24Cl2N6O2S. The van der Waals surface area contributed by atoms with Gasteiger partial charge in [-0.3, -0.25) is 4.79 Å². The topological polar surface area (TPSA) is 119 Å². The van der Waals surface area contributed by atoms with E-state index in [1.54, 1.807) is 5.38 Å². The zero-order valence-corrected chi connectivity index (χ0v) is 20.5. The van der Waals surface area contributed by atoms with Crippen molar-refractivity contribution in [1.82, 2.24) is 15.3 Å². The van der Waals surface area contributed by atoms with Crippen LogP contribution in [0.1, 0.15) is 51.6 Å². The first-order valence-corrected chi connectivity index (χ1v) is 12.4. The summed E-state index contributed by atoms with van der Waals surface area (Å²) in [6, 6.07) is 5.71. The molecule has 11 heteroatoms. The number of nitrogens with one attached hydrogen (secondary N) is 1. The second-order valence-electron chi connectivity index (χ2n) is 8.14. The minimum Gasteiger partial charge on any atom is -0.382 e. The minimum absolute atomic E-state index is 0.0192. The molecular weight excluding hydrogens is 483 g/mol. The van der Waals surface area contributed by atoms with Crippen LogP contribution in [0.15, 0.2) is 33.2 Å². The van der Waals surface area contributed by atoms with E-state index >= 15 is 0 Å². The molecule has 1 fully saturated rings. The number of halogens is 2. The molecule has 3 aromatic rings. The van der Waals surface area contributed by atoms with Gasteiger partial charge >= 0.3 is 0 Å². The number of aliphatic imine (C=N–C) groups is 1. The number of nitrogens with two attached hydrogens (primary N) is 1. The number of hydrogen-bond acceptors (Lipinski definition) is 7. The molecule has 33 heavy (non-hydrogen) atoms. The summed E-state index contributed by atoms with van der Waals surface area (Å²) in [5.41, 5.74) is 9.42. The number of amides is 1. The van der Waals surface area contributed by atoms with Gasteiger partial charge < -0.3 is 11.1 Å². The summed E-state index contributed by atoms with van der Waals surface area (Å²) < 4.78 is 4.79. The van der Waals surface area contributed by atoms with Gasteiger partial charge in [-0.2, -0.15) is 0 Å². The number of hydrogen-bond donors (Lipinski definition) is 2. The molecule has 0 bridgehead atoms. The molecule has 1 aromatic carbocycles. The first-order chi connectivity index (χ1) is 15.8. The van der Waals surface area contributed by atoms with Crippen LogP contribution in [-0.4, -0.2) is 37.8 Å². The molecule has 8 nitrogen and oxygen atoms in total. The third kappa shape index (κ3) is 5.54. The number of anilines is 1. The number of nitrogens with zero attached hydrogens (tertiary/aromatic N) is 4. The molecule has 0 aliphatic heterocycles. The predicted octanol–water partition coefficient (Wildman–Crippen LogP) is 4.99. The molecule has 1 aliphatic carbocycles. The van der Waals surface area contributed by atoms with Crippen LogP contribution >= 0.6 is 34.5 Å². The Kier molecular flexibility index (Phi) is 7.31. The maximum absolute atomic E-state index is 12.8. The minimum atomic E-state index is -0.443. The van der Waals surface area contributed by atoms with E-state index in [1.807, 2.05) is 32.0 Å². The van der Waals surface area contributed by atoms with E-state index in [-0.39, 0.29) is 39.7 Å². The van der Waals surface area contributed by atoms with Crippen LogP contribution in [0.5, 0.6) is 0 Å². The summed E-state index contributed by atoms with van der Waals surface area (Å²) in [7, 11) is 0. The Morgan fingerprint density at radius 2 is 2.00 bits per heavy atom. The van der Waals surface area contributed by atoms with Crippen molar-refractivity contribution in [2.24, 2.45) is 16.6 Å². The zero-order chi connectivity index (χ0) is 23.5.